The Labute approximate surface area is 98.6 Å². The predicted molar refractivity (Wildman–Crippen MR) is 66.9 cm³/mol. The molecule has 4 heteroatoms. The fraction of sp³-hybridized carbons (Fsp3) is 0.0833. The molecule has 0 aliphatic rings. The summed E-state index contributed by atoms with van der Waals surface area (Å²) in [5.41, 5.74) is 2.54. The Bertz CT molecular complexity index is 505. The van der Waals surface area contributed by atoms with E-state index in [1.54, 1.807) is 12.3 Å². The van der Waals surface area contributed by atoms with Gasteiger partial charge >= 0.3 is 0 Å². The van der Waals surface area contributed by atoms with Crippen LogP contribution in [0.5, 0.6) is 0 Å². The molecular formula is C12H11FN2S. The summed E-state index contributed by atoms with van der Waals surface area (Å²) in [6.45, 7) is 0. The molecule has 2 aromatic rings. The summed E-state index contributed by atoms with van der Waals surface area (Å²) in [5.74, 6) is 0.407. The minimum Gasteiger partial charge on any atom is -0.277 e. The minimum absolute atomic E-state index is 0.253. The number of nitrogens with one attached hydrogen (secondary N) is 1. The SMILES string of the molecule is Fc1cccc(-c2[nH]ncc2C=CCS)c1. The van der Waals surface area contributed by atoms with Crippen molar-refractivity contribution < 1.29 is 4.39 Å². The first-order chi connectivity index (χ1) is 7.81. The summed E-state index contributed by atoms with van der Waals surface area (Å²) in [6.07, 6.45) is 5.54. The van der Waals surface area contributed by atoms with Crippen molar-refractivity contribution in [1.82, 2.24) is 10.2 Å². The Kier molecular flexibility index (Phi) is 3.41. The van der Waals surface area contributed by atoms with E-state index in [1.165, 1.54) is 12.1 Å². The highest BCUT2D eigenvalue weighted by molar-refractivity contribution is 7.80. The van der Waals surface area contributed by atoms with Crippen molar-refractivity contribution in [3.63, 3.8) is 0 Å². The average Bonchev–Trinajstić information content (AvgIpc) is 2.74. The Morgan fingerprint density at radius 2 is 2.31 bits per heavy atom. The molecule has 1 N–H and O–H groups in total. The third-order valence-electron chi connectivity index (χ3n) is 2.18. The molecule has 0 radical (unpaired) electrons. The van der Waals surface area contributed by atoms with Gasteiger partial charge in [0.25, 0.3) is 0 Å². The quantitative estimate of drug-likeness (QED) is 0.785. The minimum atomic E-state index is -0.253. The Balaban J connectivity index is 2.40. The molecule has 1 aromatic carbocycles. The van der Waals surface area contributed by atoms with Crippen LogP contribution < -0.4 is 0 Å². The molecular weight excluding hydrogens is 223 g/mol. The van der Waals surface area contributed by atoms with Gasteiger partial charge < -0.3 is 0 Å². The van der Waals surface area contributed by atoms with Gasteiger partial charge in [-0.25, -0.2) is 4.39 Å². The van der Waals surface area contributed by atoms with Gasteiger partial charge in [-0.2, -0.15) is 17.7 Å². The van der Waals surface area contributed by atoms with Crippen molar-refractivity contribution in [2.75, 3.05) is 5.75 Å². The third-order valence-corrected chi connectivity index (χ3v) is 2.40. The van der Waals surface area contributed by atoms with Gasteiger partial charge in [0.15, 0.2) is 0 Å². The molecule has 2 nitrogen and oxygen atoms in total. The molecule has 2 rings (SSSR count). The number of H-pyrrole nitrogens is 1. The van der Waals surface area contributed by atoms with E-state index in [4.69, 9.17) is 0 Å². The van der Waals surface area contributed by atoms with Gasteiger partial charge in [-0.3, -0.25) is 5.10 Å². The van der Waals surface area contributed by atoms with Gasteiger partial charge in [-0.05, 0) is 12.1 Å². The van der Waals surface area contributed by atoms with E-state index in [0.717, 1.165) is 16.8 Å². The number of aromatic amines is 1. The fourth-order valence-electron chi connectivity index (χ4n) is 1.48. The first-order valence-corrected chi connectivity index (χ1v) is 5.51. The van der Waals surface area contributed by atoms with Crippen molar-refractivity contribution in [2.45, 2.75) is 0 Å². The van der Waals surface area contributed by atoms with E-state index in [0.29, 0.717) is 5.75 Å². The van der Waals surface area contributed by atoms with Crippen molar-refractivity contribution in [2.24, 2.45) is 0 Å². The number of hydrogen-bond donors (Lipinski definition) is 2. The zero-order valence-corrected chi connectivity index (χ0v) is 9.42. The van der Waals surface area contributed by atoms with Crippen LogP contribution in [0.2, 0.25) is 0 Å². The summed E-state index contributed by atoms with van der Waals surface area (Å²) >= 11 is 4.09. The largest absolute Gasteiger partial charge is 0.277 e. The highest BCUT2D eigenvalue weighted by Gasteiger charge is 2.05. The lowest BCUT2D eigenvalue weighted by molar-refractivity contribution is 0.628. The molecule has 0 bridgehead atoms. The lowest BCUT2D eigenvalue weighted by Gasteiger charge is -1.99. The van der Waals surface area contributed by atoms with E-state index < -0.39 is 0 Å². The van der Waals surface area contributed by atoms with Crippen LogP contribution in [0.4, 0.5) is 4.39 Å². The summed E-state index contributed by atoms with van der Waals surface area (Å²) in [4.78, 5) is 0. The van der Waals surface area contributed by atoms with Crippen LogP contribution in [0.15, 0.2) is 36.5 Å². The van der Waals surface area contributed by atoms with Crippen LogP contribution in [0.3, 0.4) is 0 Å². The lowest BCUT2D eigenvalue weighted by atomic mass is 10.1. The van der Waals surface area contributed by atoms with Gasteiger partial charge in [0.1, 0.15) is 5.82 Å². The van der Waals surface area contributed by atoms with Crippen LogP contribution in [0, 0.1) is 5.82 Å². The number of thiol groups is 1. The normalized spacial score (nSPS) is 11.1. The van der Waals surface area contributed by atoms with E-state index in [1.807, 2.05) is 18.2 Å². The van der Waals surface area contributed by atoms with Crippen molar-refractivity contribution in [3.8, 4) is 11.3 Å². The first-order valence-electron chi connectivity index (χ1n) is 4.88. The molecule has 0 unspecified atom stereocenters. The molecule has 0 saturated heterocycles. The molecule has 0 amide bonds. The number of nitrogens with zero attached hydrogens (tertiary/aromatic N) is 1. The molecule has 0 saturated carbocycles. The van der Waals surface area contributed by atoms with Crippen molar-refractivity contribution >= 4 is 18.7 Å². The van der Waals surface area contributed by atoms with Gasteiger partial charge in [0.2, 0.25) is 0 Å². The zero-order valence-electron chi connectivity index (χ0n) is 8.52. The molecule has 1 heterocycles. The molecule has 82 valence electrons. The van der Waals surface area contributed by atoms with Crippen LogP contribution >= 0.6 is 12.6 Å². The summed E-state index contributed by atoms with van der Waals surface area (Å²) in [7, 11) is 0. The van der Waals surface area contributed by atoms with Gasteiger partial charge in [0, 0.05) is 16.9 Å². The van der Waals surface area contributed by atoms with Gasteiger partial charge in [-0.15, -0.1) is 0 Å². The standard InChI is InChI=1S/C12H11FN2S/c13-11-5-1-3-9(7-11)12-10(4-2-6-16)8-14-15-12/h1-5,7-8,16H,6H2,(H,14,15). The van der Waals surface area contributed by atoms with Crippen LogP contribution in [-0.2, 0) is 0 Å². The Morgan fingerprint density at radius 1 is 1.44 bits per heavy atom. The second kappa shape index (κ2) is 4.99. The summed E-state index contributed by atoms with van der Waals surface area (Å²) in [6, 6.07) is 6.42. The Hall–Kier alpha value is -1.55. The highest BCUT2D eigenvalue weighted by Crippen LogP contribution is 2.22. The van der Waals surface area contributed by atoms with Crippen LogP contribution in [0.1, 0.15) is 5.56 Å². The molecule has 0 fully saturated rings. The van der Waals surface area contributed by atoms with E-state index in [9.17, 15) is 4.39 Å². The van der Waals surface area contributed by atoms with Crippen molar-refractivity contribution in [1.29, 1.82) is 0 Å². The molecule has 1 aromatic heterocycles. The Morgan fingerprint density at radius 3 is 3.06 bits per heavy atom. The van der Waals surface area contributed by atoms with E-state index >= 15 is 0 Å². The first kappa shape index (κ1) is 11.0. The van der Waals surface area contributed by atoms with E-state index in [-0.39, 0.29) is 5.82 Å². The van der Waals surface area contributed by atoms with Gasteiger partial charge in [0.05, 0.1) is 11.9 Å². The maximum absolute atomic E-state index is 13.1. The monoisotopic (exact) mass is 234 g/mol. The zero-order chi connectivity index (χ0) is 11.4. The number of halogens is 1. The van der Waals surface area contributed by atoms with Crippen molar-refractivity contribution in [3.05, 3.63) is 47.9 Å². The molecule has 0 atom stereocenters. The maximum atomic E-state index is 13.1. The lowest BCUT2D eigenvalue weighted by Crippen LogP contribution is -1.82. The number of rotatable bonds is 3. The molecule has 0 aliphatic carbocycles. The predicted octanol–water partition coefficient (Wildman–Crippen LogP) is 3.16. The second-order valence-corrected chi connectivity index (χ2v) is 3.66. The maximum Gasteiger partial charge on any atom is 0.123 e. The van der Waals surface area contributed by atoms with Crippen LogP contribution in [0.25, 0.3) is 17.3 Å². The molecule has 16 heavy (non-hydrogen) atoms. The topological polar surface area (TPSA) is 28.7 Å². The molecule has 0 spiro atoms. The van der Waals surface area contributed by atoms with E-state index in [2.05, 4.69) is 22.8 Å². The fourth-order valence-corrected chi connectivity index (χ4v) is 1.58. The van der Waals surface area contributed by atoms with Crippen LogP contribution in [-0.4, -0.2) is 16.0 Å². The van der Waals surface area contributed by atoms with Gasteiger partial charge in [-0.1, -0.05) is 24.3 Å². The summed E-state index contributed by atoms with van der Waals surface area (Å²) < 4.78 is 13.1. The second-order valence-electron chi connectivity index (χ2n) is 3.30. The third kappa shape index (κ3) is 2.33. The smallest absolute Gasteiger partial charge is 0.123 e. The number of benzene rings is 1. The molecule has 0 aliphatic heterocycles. The summed E-state index contributed by atoms with van der Waals surface area (Å²) in [5, 5.41) is 6.82. The number of aromatic nitrogens is 2. The average molecular weight is 234 g/mol. The highest BCUT2D eigenvalue weighted by atomic mass is 32.1. The number of hydrogen-bond acceptors (Lipinski definition) is 2.